The first-order chi connectivity index (χ1) is 13.5. The minimum atomic E-state index is -3.92. The van der Waals surface area contributed by atoms with Crippen LogP contribution < -0.4 is 4.72 Å². The van der Waals surface area contributed by atoms with Gasteiger partial charge in [-0.25, -0.2) is 23.1 Å². The van der Waals surface area contributed by atoms with Gasteiger partial charge >= 0.3 is 0 Å². The highest BCUT2D eigenvalue weighted by Crippen LogP contribution is 2.33. The maximum Gasteiger partial charge on any atom is 0.270 e. The number of hydrogen-bond acceptors (Lipinski definition) is 6. The molecule has 146 valence electrons. The van der Waals surface area contributed by atoms with Crippen LogP contribution in [-0.4, -0.2) is 27.9 Å². The van der Waals surface area contributed by atoms with Crippen LogP contribution >= 0.6 is 0 Å². The number of hydrogen-bond donors (Lipinski definition) is 1. The molecule has 10 heteroatoms. The summed E-state index contributed by atoms with van der Waals surface area (Å²) >= 11 is 0. The molecule has 0 unspecified atom stereocenters. The highest BCUT2D eigenvalue weighted by molar-refractivity contribution is 7.89. The fraction of sp³-hybridized carbons (Fsp3) is 0.333. The van der Waals surface area contributed by atoms with E-state index in [4.69, 9.17) is 0 Å². The molecule has 4 rings (SSSR count). The molecule has 3 aromatic rings. The lowest BCUT2D eigenvalue weighted by Gasteiger charge is -2.16. The van der Waals surface area contributed by atoms with Crippen LogP contribution in [0.3, 0.4) is 0 Å². The monoisotopic (exact) mass is 401 g/mol. The fourth-order valence-corrected chi connectivity index (χ4v) is 4.67. The number of imidazole rings is 1. The van der Waals surface area contributed by atoms with Gasteiger partial charge in [0.25, 0.3) is 5.69 Å². The van der Waals surface area contributed by atoms with Crippen molar-refractivity contribution < 1.29 is 13.3 Å². The van der Waals surface area contributed by atoms with Gasteiger partial charge in [0.1, 0.15) is 11.3 Å². The number of nitro benzene ring substituents is 1. The van der Waals surface area contributed by atoms with Crippen molar-refractivity contribution in [1.82, 2.24) is 19.3 Å². The standard InChI is InChI=1S/C18H19N5O4S/c24-23(25)14-7-3-8-15(11-14)28(26,27)20-12-17-21-16-9-4-10-19-18(16)22(17)13-5-1-2-6-13/h3-4,7-11,13,20H,1-2,5-6,12H2. The highest BCUT2D eigenvalue weighted by Gasteiger charge is 2.25. The third-order valence-electron chi connectivity index (χ3n) is 4.97. The summed E-state index contributed by atoms with van der Waals surface area (Å²) in [7, 11) is -3.92. The number of nitro groups is 1. The van der Waals surface area contributed by atoms with E-state index in [1.54, 1.807) is 12.3 Å². The largest absolute Gasteiger partial charge is 0.308 e. The van der Waals surface area contributed by atoms with Crippen LogP contribution in [0.2, 0.25) is 0 Å². The van der Waals surface area contributed by atoms with Crippen LogP contribution in [0.15, 0.2) is 47.5 Å². The van der Waals surface area contributed by atoms with Gasteiger partial charge in [-0.1, -0.05) is 18.9 Å². The molecule has 0 spiro atoms. The zero-order chi connectivity index (χ0) is 19.7. The molecule has 0 atom stereocenters. The van der Waals surface area contributed by atoms with E-state index in [9.17, 15) is 18.5 Å². The van der Waals surface area contributed by atoms with Crippen molar-refractivity contribution in [2.24, 2.45) is 0 Å². The van der Waals surface area contributed by atoms with Gasteiger partial charge < -0.3 is 4.57 Å². The minimum Gasteiger partial charge on any atom is -0.308 e. The lowest BCUT2D eigenvalue weighted by Crippen LogP contribution is -2.25. The second-order valence-electron chi connectivity index (χ2n) is 6.76. The van der Waals surface area contributed by atoms with Crippen molar-refractivity contribution in [2.45, 2.75) is 43.2 Å². The van der Waals surface area contributed by atoms with E-state index in [1.807, 2.05) is 10.6 Å². The van der Waals surface area contributed by atoms with Gasteiger partial charge in [-0.05, 0) is 31.0 Å². The molecular formula is C18H19N5O4S. The summed E-state index contributed by atoms with van der Waals surface area (Å²) in [5.41, 5.74) is 1.20. The van der Waals surface area contributed by atoms with Crippen molar-refractivity contribution in [3.8, 4) is 0 Å². The van der Waals surface area contributed by atoms with Gasteiger partial charge in [-0.15, -0.1) is 0 Å². The molecule has 1 aliphatic carbocycles. The molecule has 1 N–H and O–H groups in total. The Morgan fingerprint density at radius 3 is 2.75 bits per heavy atom. The molecule has 1 aromatic carbocycles. The number of pyridine rings is 1. The quantitative estimate of drug-likeness (QED) is 0.501. The molecule has 28 heavy (non-hydrogen) atoms. The van der Waals surface area contributed by atoms with E-state index in [2.05, 4.69) is 14.7 Å². The maximum absolute atomic E-state index is 12.6. The Morgan fingerprint density at radius 1 is 1.21 bits per heavy atom. The average Bonchev–Trinajstić information content (AvgIpc) is 3.33. The normalized spacial score (nSPS) is 15.3. The number of nitrogens with one attached hydrogen (secondary N) is 1. The van der Waals surface area contributed by atoms with Crippen LogP contribution in [0.5, 0.6) is 0 Å². The lowest BCUT2D eigenvalue weighted by molar-refractivity contribution is -0.385. The molecule has 1 fully saturated rings. The Bertz CT molecular complexity index is 1140. The molecule has 0 saturated heterocycles. The van der Waals surface area contributed by atoms with E-state index in [0.717, 1.165) is 42.9 Å². The molecule has 1 saturated carbocycles. The fourth-order valence-electron chi connectivity index (χ4n) is 3.65. The third kappa shape index (κ3) is 3.48. The summed E-state index contributed by atoms with van der Waals surface area (Å²) in [5, 5.41) is 10.9. The predicted molar refractivity (Wildman–Crippen MR) is 102 cm³/mol. The summed E-state index contributed by atoms with van der Waals surface area (Å²) in [6.45, 7) is -0.0160. The van der Waals surface area contributed by atoms with Crippen LogP contribution in [0.25, 0.3) is 11.2 Å². The van der Waals surface area contributed by atoms with Crippen molar-refractivity contribution >= 4 is 26.9 Å². The van der Waals surface area contributed by atoms with Crippen LogP contribution in [0.4, 0.5) is 5.69 Å². The second-order valence-corrected chi connectivity index (χ2v) is 8.53. The number of benzene rings is 1. The number of nitrogens with zero attached hydrogens (tertiary/aromatic N) is 4. The Labute approximate surface area is 161 Å². The number of aromatic nitrogens is 3. The SMILES string of the molecule is O=[N+]([O-])c1cccc(S(=O)(=O)NCc2nc3cccnc3n2C2CCCC2)c1. The van der Waals surface area contributed by atoms with Gasteiger partial charge in [0.2, 0.25) is 10.0 Å². The van der Waals surface area contributed by atoms with E-state index in [0.29, 0.717) is 5.82 Å². The van der Waals surface area contributed by atoms with E-state index in [1.165, 1.54) is 18.2 Å². The van der Waals surface area contributed by atoms with Gasteiger partial charge in [-0.2, -0.15) is 0 Å². The zero-order valence-electron chi connectivity index (χ0n) is 15.0. The molecule has 9 nitrogen and oxygen atoms in total. The summed E-state index contributed by atoms with van der Waals surface area (Å²) < 4.78 is 29.8. The molecule has 2 aromatic heterocycles. The summed E-state index contributed by atoms with van der Waals surface area (Å²) in [5.74, 6) is 0.592. The topological polar surface area (TPSA) is 120 Å². The van der Waals surface area contributed by atoms with Crippen LogP contribution in [-0.2, 0) is 16.6 Å². The number of sulfonamides is 1. The summed E-state index contributed by atoms with van der Waals surface area (Å²) in [6, 6.07) is 8.88. The molecular weight excluding hydrogens is 382 g/mol. The smallest absolute Gasteiger partial charge is 0.270 e. The molecule has 0 bridgehead atoms. The molecule has 0 amide bonds. The van der Waals surface area contributed by atoms with Gasteiger partial charge in [0.05, 0.1) is 16.4 Å². The molecule has 2 heterocycles. The number of fused-ring (bicyclic) bond motifs is 1. The van der Waals surface area contributed by atoms with Gasteiger partial charge in [-0.3, -0.25) is 10.1 Å². The van der Waals surface area contributed by atoms with E-state index in [-0.39, 0.29) is 23.2 Å². The average molecular weight is 401 g/mol. The minimum absolute atomic E-state index is 0.0160. The Kier molecular flexibility index (Phi) is 4.82. The van der Waals surface area contributed by atoms with Crippen molar-refractivity contribution in [1.29, 1.82) is 0 Å². The van der Waals surface area contributed by atoms with Crippen molar-refractivity contribution in [3.63, 3.8) is 0 Å². The zero-order valence-corrected chi connectivity index (χ0v) is 15.8. The molecule has 0 aliphatic heterocycles. The van der Waals surface area contributed by atoms with Crippen LogP contribution in [0.1, 0.15) is 37.5 Å². The van der Waals surface area contributed by atoms with Gasteiger partial charge in [0.15, 0.2) is 5.65 Å². The molecule has 1 aliphatic rings. The van der Waals surface area contributed by atoms with Gasteiger partial charge in [0, 0.05) is 24.4 Å². The number of rotatable bonds is 6. The first-order valence-electron chi connectivity index (χ1n) is 9.02. The Balaban J connectivity index is 1.64. The van der Waals surface area contributed by atoms with Crippen molar-refractivity contribution in [3.05, 3.63) is 58.5 Å². The van der Waals surface area contributed by atoms with E-state index >= 15 is 0 Å². The first-order valence-corrected chi connectivity index (χ1v) is 10.5. The Morgan fingerprint density at radius 2 is 2.00 bits per heavy atom. The number of non-ortho nitro benzene ring substituents is 1. The maximum atomic E-state index is 12.6. The van der Waals surface area contributed by atoms with Crippen molar-refractivity contribution in [2.75, 3.05) is 0 Å². The van der Waals surface area contributed by atoms with Crippen LogP contribution in [0, 0.1) is 10.1 Å². The lowest BCUT2D eigenvalue weighted by atomic mass is 10.2. The second kappa shape index (κ2) is 7.28. The highest BCUT2D eigenvalue weighted by atomic mass is 32.2. The first kappa shape index (κ1) is 18.5. The third-order valence-corrected chi connectivity index (χ3v) is 6.37. The predicted octanol–water partition coefficient (Wildman–Crippen LogP) is 2.93. The summed E-state index contributed by atoms with van der Waals surface area (Å²) in [4.78, 5) is 19.1. The molecule has 0 radical (unpaired) electrons. The van der Waals surface area contributed by atoms with E-state index < -0.39 is 14.9 Å². The Hall–Kier alpha value is -2.85. The summed E-state index contributed by atoms with van der Waals surface area (Å²) in [6.07, 6.45) is 5.96.